The van der Waals surface area contributed by atoms with Crippen molar-refractivity contribution in [3.63, 3.8) is 0 Å². The number of hydrogen-bond acceptors (Lipinski definition) is 3. The molecule has 0 bridgehead atoms. The molecule has 0 unspecified atom stereocenters. The van der Waals surface area contributed by atoms with Gasteiger partial charge >= 0.3 is 0 Å². The van der Waals surface area contributed by atoms with Gasteiger partial charge in [-0.15, -0.1) is 0 Å². The minimum absolute atomic E-state index is 0.629. The molecule has 11 heavy (non-hydrogen) atoms. The fraction of sp³-hybridized carbons (Fsp3) is 0.250. The normalized spacial score (nSPS) is 10.6. The van der Waals surface area contributed by atoms with Crippen LogP contribution in [0.5, 0.6) is 0 Å². The Morgan fingerprint density at radius 2 is 2.36 bits per heavy atom. The van der Waals surface area contributed by atoms with Gasteiger partial charge in [0.1, 0.15) is 5.52 Å². The van der Waals surface area contributed by atoms with E-state index in [4.69, 9.17) is 4.42 Å². The maximum atomic E-state index is 5.04. The second-order valence-corrected chi connectivity index (χ2v) is 2.33. The lowest BCUT2D eigenvalue weighted by Gasteiger charge is -1.91. The summed E-state index contributed by atoms with van der Waals surface area (Å²) in [6.07, 6.45) is 2.34. The Labute approximate surface area is 64.1 Å². The first-order valence-electron chi connectivity index (χ1n) is 3.59. The van der Waals surface area contributed by atoms with Crippen molar-refractivity contribution >= 4 is 11.2 Å². The average molecular weight is 148 g/mol. The molecule has 2 heterocycles. The van der Waals surface area contributed by atoms with E-state index in [2.05, 4.69) is 16.9 Å². The van der Waals surface area contributed by atoms with E-state index in [0.717, 1.165) is 17.6 Å². The lowest BCUT2D eigenvalue weighted by molar-refractivity contribution is 0.589. The van der Waals surface area contributed by atoms with Crippen LogP contribution in [0.15, 0.2) is 22.9 Å². The number of pyridine rings is 1. The van der Waals surface area contributed by atoms with Gasteiger partial charge in [-0.25, -0.2) is 9.97 Å². The summed E-state index contributed by atoms with van der Waals surface area (Å²) in [4.78, 5) is 8.19. The Hall–Kier alpha value is -1.38. The molecule has 0 saturated heterocycles. The Morgan fingerprint density at radius 1 is 1.45 bits per heavy atom. The van der Waals surface area contributed by atoms with E-state index >= 15 is 0 Å². The molecule has 0 spiro atoms. The standard InChI is InChI=1S/C8H8N2O/c1-2-6-3-4-7-8(10-6)11-5-9-7/h3-5H,2H2,1H3. The summed E-state index contributed by atoms with van der Waals surface area (Å²) in [7, 11) is 0. The number of aromatic nitrogens is 2. The quantitative estimate of drug-likeness (QED) is 0.618. The van der Waals surface area contributed by atoms with E-state index in [1.54, 1.807) is 0 Å². The number of aryl methyl sites for hydroxylation is 1. The number of hydrogen-bond donors (Lipinski definition) is 0. The molecule has 56 valence electrons. The molecule has 0 N–H and O–H groups in total. The van der Waals surface area contributed by atoms with Crippen LogP contribution < -0.4 is 0 Å². The molecule has 0 aliphatic rings. The smallest absolute Gasteiger partial charge is 0.246 e. The third kappa shape index (κ3) is 0.981. The fourth-order valence-corrected chi connectivity index (χ4v) is 0.986. The monoisotopic (exact) mass is 148 g/mol. The zero-order chi connectivity index (χ0) is 7.68. The Balaban J connectivity index is 2.67. The van der Waals surface area contributed by atoms with Crippen molar-refractivity contribution in [1.82, 2.24) is 9.97 Å². The zero-order valence-corrected chi connectivity index (χ0v) is 6.24. The number of fused-ring (bicyclic) bond motifs is 1. The molecule has 0 aromatic carbocycles. The maximum absolute atomic E-state index is 5.04. The van der Waals surface area contributed by atoms with E-state index in [1.807, 2.05) is 12.1 Å². The second kappa shape index (κ2) is 2.34. The highest BCUT2D eigenvalue weighted by Gasteiger charge is 1.98. The third-order valence-corrected chi connectivity index (χ3v) is 1.62. The second-order valence-electron chi connectivity index (χ2n) is 2.33. The van der Waals surface area contributed by atoms with Crippen molar-refractivity contribution in [2.75, 3.05) is 0 Å². The first-order chi connectivity index (χ1) is 5.40. The summed E-state index contributed by atoms with van der Waals surface area (Å²) < 4.78 is 5.04. The molecule has 3 nitrogen and oxygen atoms in total. The van der Waals surface area contributed by atoms with Gasteiger partial charge in [0, 0.05) is 5.69 Å². The van der Waals surface area contributed by atoms with Crippen LogP contribution >= 0.6 is 0 Å². The minimum Gasteiger partial charge on any atom is -0.425 e. The van der Waals surface area contributed by atoms with Crippen LogP contribution in [0.3, 0.4) is 0 Å². The molecular formula is C8H8N2O. The Bertz CT molecular complexity index is 367. The number of nitrogens with zero attached hydrogens (tertiary/aromatic N) is 2. The van der Waals surface area contributed by atoms with Gasteiger partial charge < -0.3 is 4.42 Å². The van der Waals surface area contributed by atoms with Crippen molar-refractivity contribution in [3.05, 3.63) is 24.2 Å². The van der Waals surface area contributed by atoms with Crippen LogP contribution in [0.1, 0.15) is 12.6 Å². The van der Waals surface area contributed by atoms with Crippen LogP contribution in [0, 0.1) is 0 Å². The van der Waals surface area contributed by atoms with Gasteiger partial charge in [-0.3, -0.25) is 0 Å². The van der Waals surface area contributed by atoms with Gasteiger partial charge in [0.05, 0.1) is 0 Å². The number of oxazole rings is 1. The molecule has 0 radical (unpaired) electrons. The Morgan fingerprint density at radius 3 is 3.18 bits per heavy atom. The van der Waals surface area contributed by atoms with Crippen molar-refractivity contribution < 1.29 is 4.42 Å². The van der Waals surface area contributed by atoms with Crippen molar-refractivity contribution in [2.45, 2.75) is 13.3 Å². The maximum Gasteiger partial charge on any atom is 0.246 e. The third-order valence-electron chi connectivity index (χ3n) is 1.62. The molecule has 0 fully saturated rings. The molecule has 0 amide bonds. The van der Waals surface area contributed by atoms with Gasteiger partial charge in [0.15, 0.2) is 6.39 Å². The summed E-state index contributed by atoms with van der Waals surface area (Å²) >= 11 is 0. The SMILES string of the molecule is CCc1ccc2ncoc2n1. The molecule has 0 aliphatic heterocycles. The topological polar surface area (TPSA) is 38.9 Å². The van der Waals surface area contributed by atoms with Gasteiger partial charge in [-0.1, -0.05) is 6.92 Å². The highest BCUT2D eigenvalue weighted by molar-refractivity contribution is 5.67. The van der Waals surface area contributed by atoms with Gasteiger partial charge in [0.2, 0.25) is 5.71 Å². The first-order valence-corrected chi connectivity index (χ1v) is 3.59. The highest BCUT2D eigenvalue weighted by atomic mass is 16.3. The van der Waals surface area contributed by atoms with E-state index < -0.39 is 0 Å². The molecule has 2 aromatic heterocycles. The molecule has 0 atom stereocenters. The first kappa shape index (κ1) is 6.34. The summed E-state index contributed by atoms with van der Waals surface area (Å²) in [6.45, 7) is 2.06. The average Bonchev–Trinajstić information content (AvgIpc) is 2.50. The minimum atomic E-state index is 0.629. The molecule has 3 heteroatoms. The highest BCUT2D eigenvalue weighted by Crippen LogP contribution is 2.09. The van der Waals surface area contributed by atoms with Crippen molar-refractivity contribution in [3.8, 4) is 0 Å². The number of rotatable bonds is 1. The summed E-state index contributed by atoms with van der Waals surface area (Å²) in [5, 5.41) is 0. The van der Waals surface area contributed by atoms with Gasteiger partial charge in [0.25, 0.3) is 0 Å². The summed E-state index contributed by atoms with van der Waals surface area (Å²) in [5.74, 6) is 0. The van der Waals surface area contributed by atoms with Crippen molar-refractivity contribution in [1.29, 1.82) is 0 Å². The lowest BCUT2D eigenvalue weighted by atomic mass is 10.3. The molecule has 0 saturated carbocycles. The van der Waals surface area contributed by atoms with E-state index in [0.29, 0.717) is 5.71 Å². The molecule has 2 aromatic rings. The van der Waals surface area contributed by atoms with E-state index in [1.165, 1.54) is 6.39 Å². The van der Waals surface area contributed by atoms with Crippen LogP contribution in [-0.4, -0.2) is 9.97 Å². The van der Waals surface area contributed by atoms with Crippen LogP contribution in [0.2, 0.25) is 0 Å². The van der Waals surface area contributed by atoms with Gasteiger partial charge in [-0.05, 0) is 18.6 Å². The van der Waals surface area contributed by atoms with E-state index in [9.17, 15) is 0 Å². The zero-order valence-electron chi connectivity index (χ0n) is 6.24. The molecule has 0 aliphatic carbocycles. The fourth-order valence-electron chi connectivity index (χ4n) is 0.986. The predicted octanol–water partition coefficient (Wildman–Crippen LogP) is 1.79. The molecular weight excluding hydrogens is 140 g/mol. The Kier molecular flexibility index (Phi) is 1.35. The van der Waals surface area contributed by atoms with Crippen molar-refractivity contribution in [2.24, 2.45) is 0 Å². The van der Waals surface area contributed by atoms with Crippen LogP contribution in [0.4, 0.5) is 0 Å². The van der Waals surface area contributed by atoms with E-state index in [-0.39, 0.29) is 0 Å². The largest absolute Gasteiger partial charge is 0.425 e. The van der Waals surface area contributed by atoms with Crippen LogP contribution in [-0.2, 0) is 6.42 Å². The lowest BCUT2D eigenvalue weighted by Crippen LogP contribution is -1.84. The summed E-state index contributed by atoms with van der Waals surface area (Å²) in [6, 6.07) is 3.88. The molecule has 2 rings (SSSR count). The predicted molar refractivity (Wildman–Crippen MR) is 41.2 cm³/mol. The van der Waals surface area contributed by atoms with Crippen LogP contribution in [0.25, 0.3) is 11.2 Å². The summed E-state index contributed by atoms with van der Waals surface area (Å²) in [5.41, 5.74) is 2.49. The van der Waals surface area contributed by atoms with Gasteiger partial charge in [-0.2, -0.15) is 0 Å².